The van der Waals surface area contributed by atoms with Gasteiger partial charge in [-0.15, -0.1) is 11.8 Å². The van der Waals surface area contributed by atoms with Crippen LogP contribution in [0.2, 0.25) is 0 Å². The topological polar surface area (TPSA) is 82.4 Å². The van der Waals surface area contributed by atoms with Crippen LogP contribution in [0.15, 0.2) is 40.9 Å². The summed E-state index contributed by atoms with van der Waals surface area (Å²) in [7, 11) is 0. The number of piperidine rings is 1. The van der Waals surface area contributed by atoms with Crippen LogP contribution in [-0.4, -0.2) is 42.7 Å². The second-order valence-corrected chi connectivity index (χ2v) is 6.74. The number of carbonyl (C=O) groups is 2. The van der Waals surface area contributed by atoms with Gasteiger partial charge in [0.15, 0.2) is 0 Å². The molecule has 1 fully saturated rings. The van der Waals surface area contributed by atoms with Crippen molar-refractivity contribution < 1.29 is 14.3 Å². The van der Waals surface area contributed by atoms with Crippen molar-refractivity contribution in [3.8, 4) is 6.07 Å². The smallest absolute Gasteiger partial charge is 0.309 e. The van der Waals surface area contributed by atoms with Crippen LogP contribution in [-0.2, 0) is 14.3 Å². The largest absolute Gasteiger partial charge is 0.466 e. The SMILES string of the molecule is CCOC(=O)C1CCN(C(=O)/C(C#N)=C\Nc2cccc(SC)c2)CC1. The first kappa shape index (κ1) is 19.9. The molecule has 0 unspecified atom stereocenters. The molecule has 0 aromatic heterocycles. The lowest BCUT2D eigenvalue weighted by Crippen LogP contribution is -2.41. The third kappa shape index (κ3) is 5.27. The van der Waals surface area contributed by atoms with Crippen molar-refractivity contribution >= 4 is 29.3 Å². The number of hydrogen-bond donors (Lipinski definition) is 1. The molecule has 6 nitrogen and oxygen atoms in total. The summed E-state index contributed by atoms with van der Waals surface area (Å²) in [5.74, 6) is -0.685. The first-order valence-corrected chi connectivity index (χ1v) is 9.78. The van der Waals surface area contributed by atoms with Gasteiger partial charge >= 0.3 is 5.97 Å². The van der Waals surface area contributed by atoms with E-state index in [1.807, 2.05) is 36.6 Å². The average molecular weight is 373 g/mol. The van der Waals surface area contributed by atoms with E-state index >= 15 is 0 Å². The second kappa shape index (κ2) is 9.88. The van der Waals surface area contributed by atoms with E-state index in [1.54, 1.807) is 23.6 Å². The van der Waals surface area contributed by atoms with Gasteiger partial charge in [-0.1, -0.05) is 6.07 Å². The highest BCUT2D eigenvalue weighted by atomic mass is 32.2. The van der Waals surface area contributed by atoms with Crippen molar-refractivity contribution in [2.24, 2.45) is 5.92 Å². The summed E-state index contributed by atoms with van der Waals surface area (Å²) in [6.07, 6.45) is 4.55. The molecular formula is C19H23N3O3S. The molecule has 0 bridgehead atoms. The van der Waals surface area contributed by atoms with Crippen molar-refractivity contribution in [2.75, 3.05) is 31.3 Å². The summed E-state index contributed by atoms with van der Waals surface area (Å²) >= 11 is 1.62. The Morgan fingerprint density at radius 2 is 2.15 bits per heavy atom. The van der Waals surface area contributed by atoms with E-state index in [1.165, 1.54) is 6.20 Å². The van der Waals surface area contributed by atoms with Gasteiger partial charge in [-0.25, -0.2) is 0 Å². The molecular weight excluding hydrogens is 350 g/mol. The average Bonchev–Trinajstić information content (AvgIpc) is 2.68. The highest BCUT2D eigenvalue weighted by Crippen LogP contribution is 2.21. The molecule has 138 valence electrons. The van der Waals surface area contributed by atoms with Crippen molar-refractivity contribution in [3.05, 3.63) is 36.0 Å². The number of ether oxygens (including phenoxy) is 1. The molecule has 2 rings (SSSR count). The number of rotatable bonds is 6. The fourth-order valence-corrected chi connectivity index (χ4v) is 3.22. The molecule has 26 heavy (non-hydrogen) atoms. The highest BCUT2D eigenvalue weighted by molar-refractivity contribution is 7.98. The summed E-state index contributed by atoms with van der Waals surface area (Å²) in [6.45, 7) is 3.04. The van der Waals surface area contributed by atoms with Gasteiger partial charge in [-0.3, -0.25) is 9.59 Å². The van der Waals surface area contributed by atoms with Crippen LogP contribution in [0.1, 0.15) is 19.8 Å². The molecule has 0 spiro atoms. The number of anilines is 1. The minimum absolute atomic E-state index is 0.0501. The number of nitrogens with zero attached hydrogens (tertiary/aromatic N) is 2. The van der Waals surface area contributed by atoms with E-state index in [9.17, 15) is 14.9 Å². The summed E-state index contributed by atoms with van der Waals surface area (Å²) in [6, 6.07) is 9.69. The standard InChI is InChI=1S/C19H23N3O3S/c1-3-25-19(24)14-7-9-22(10-8-14)18(23)15(12-20)13-21-16-5-4-6-17(11-16)26-2/h4-6,11,13-14,21H,3,7-10H2,1-2H3/b15-13-. The third-order valence-corrected chi connectivity index (χ3v) is 4.93. The predicted octanol–water partition coefficient (Wildman–Crippen LogP) is 3.03. The Kier molecular flexibility index (Phi) is 7.54. The molecule has 1 aliphatic heterocycles. The van der Waals surface area contributed by atoms with Crippen LogP contribution >= 0.6 is 11.8 Å². The number of benzene rings is 1. The molecule has 7 heteroatoms. The van der Waals surface area contributed by atoms with E-state index in [-0.39, 0.29) is 23.4 Å². The number of thioether (sulfide) groups is 1. The van der Waals surface area contributed by atoms with Gasteiger partial charge in [0.1, 0.15) is 11.6 Å². The molecule has 1 heterocycles. The van der Waals surface area contributed by atoms with Crippen LogP contribution in [0, 0.1) is 17.2 Å². The van der Waals surface area contributed by atoms with Gasteiger partial charge in [0.2, 0.25) is 0 Å². The molecule has 1 N–H and O–H groups in total. The highest BCUT2D eigenvalue weighted by Gasteiger charge is 2.29. The van der Waals surface area contributed by atoms with Crippen LogP contribution in [0.3, 0.4) is 0 Å². The van der Waals surface area contributed by atoms with Gasteiger partial charge in [0.05, 0.1) is 12.5 Å². The minimum atomic E-state index is -0.316. The van der Waals surface area contributed by atoms with Crippen molar-refractivity contribution in [1.82, 2.24) is 4.90 Å². The molecule has 0 radical (unpaired) electrons. The molecule has 1 aromatic rings. The Bertz CT molecular complexity index is 719. The fraction of sp³-hybridized carbons (Fsp3) is 0.421. The van der Waals surface area contributed by atoms with E-state index < -0.39 is 0 Å². The zero-order valence-corrected chi connectivity index (χ0v) is 15.8. The molecule has 1 aliphatic rings. The van der Waals surface area contributed by atoms with Crippen LogP contribution in [0.4, 0.5) is 5.69 Å². The number of hydrogen-bond acceptors (Lipinski definition) is 6. The number of nitriles is 1. The monoisotopic (exact) mass is 373 g/mol. The minimum Gasteiger partial charge on any atom is -0.466 e. The van der Waals surface area contributed by atoms with Crippen molar-refractivity contribution in [2.45, 2.75) is 24.7 Å². The number of likely N-dealkylation sites (tertiary alicyclic amines) is 1. The lowest BCUT2D eigenvalue weighted by atomic mass is 9.96. The Hall–Kier alpha value is -2.46. The normalized spacial score (nSPS) is 15.3. The lowest BCUT2D eigenvalue weighted by molar-refractivity contribution is -0.150. The quantitative estimate of drug-likeness (QED) is 0.357. The third-order valence-electron chi connectivity index (χ3n) is 4.21. The lowest BCUT2D eigenvalue weighted by Gasteiger charge is -2.30. The summed E-state index contributed by atoms with van der Waals surface area (Å²) < 4.78 is 5.03. The van der Waals surface area contributed by atoms with Gasteiger partial charge in [-0.2, -0.15) is 5.26 Å². The van der Waals surface area contributed by atoms with Gasteiger partial charge in [-0.05, 0) is 44.2 Å². The zero-order valence-electron chi connectivity index (χ0n) is 15.0. The summed E-state index contributed by atoms with van der Waals surface area (Å²) in [5.41, 5.74) is 0.868. The Balaban J connectivity index is 1.96. The number of carbonyl (C=O) groups excluding carboxylic acids is 2. The maximum absolute atomic E-state index is 12.6. The molecule has 1 aromatic carbocycles. The van der Waals surface area contributed by atoms with E-state index in [0.29, 0.717) is 32.5 Å². The Morgan fingerprint density at radius 3 is 2.77 bits per heavy atom. The maximum Gasteiger partial charge on any atom is 0.309 e. The summed E-state index contributed by atoms with van der Waals surface area (Å²) in [4.78, 5) is 27.0. The molecule has 0 aliphatic carbocycles. The van der Waals surface area contributed by atoms with Crippen LogP contribution < -0.4 is 5.32 Å². The van der Waals surface area contributed by atoms with E-state index in [0.717, 1.165) is 10.6 Å². The molecule has 1 saturated heterocycles. The number of esters is 1. The molecule has 1 amide bonds. The summed E-state index contributed by atoms with van der Waals surface area (Å²) in [5, 5.41) is 12.3. The van der Waals surface area contributed by atoms with Crippen molar-refractivity contribution in [3.63, 3.8) is 0 Å². The fourth-order valence-electron chi connectivity index (χ4n) is 2.76. The number of nitrogens with one attached hydrogen (secondary N) is 1. The molecule has 0 atom stereocenters. The van der Waals surface area contributed by atoms with Crippen LogP contribution in [0.5, 0.6) is 0 Å². The van der Waals surface area contributed by atoms with Crippen molar-refractivity contribution in [1.29, 1.82) is 5.26 Å². The first-order chi connectivity index (χ1) is 12.6. The number of amides is 1. The second-order valence-electron chi connectivity index (χ2n) is 5.86. The van der Waals surface area contributed by atoms with Gasteiger partial charge in [0, 0.05) is 29.9 Å². The van der Waals surface area contributed by atoms with Crippen LogP contribution in [0.25, 0.3) is 0 Å². The first-order valence-electron chi connectivity index (χ1n) is 8.55. The van der Waals surface area contributed by atoms with Gasteiger partial charge in [0.25, 0.3) is 5.91 Å². The maximum atomic E-state index is 12.6. The Labute approximate surface area is 158 Å². The van der Waals surface area contributed by atoms with E-state index in [2.05, 4.69) is 5.32 Å². The Morgan fingerprint density at radius 1 is 1.42 bits per heavy atom. The van der Waals surface area contributed by atoms with E-state index in [4.69, 9.17) is 4.74 Å². The predicted molar refractivity (Wildman–Crippen MR) is 101 cm³/mol. The molecule has 0 saturated carbocycles. The zero-order chi connectivity index (χ0) is 18.9. The van der Waals surface area contributed by atoms with Gasteiger partial charge < -0.3 is 15.0 Å².